The number of amides is 1. The van der Waals surface area contributed by atoms with E-state index in [1.165, 1.54) is 11.3 Å². The molecule has 2 heterocycles. The third kappa shape index (κ3) is 3.65. The zero-order valence-corrected chi connectivity index (χ0v) is 11.1. The number of nitrogens with zero attached hydrogens (tertiary/aromatic N) is 1. The topological polar surface area (TPSA) is 62.2 Å². The molecule has 0 bridgehead atoms. The number of pyridine rings is 1. The lowest BCUT2D eigenvalue weighted by atomic mass is 10.2. The zero-order valence-electron chi connectivity index (χ0n) is 10.3. The monoisotopic (exact) mass is 272 g/mol. The van der Waals surface area contributed by atoms with Crippen molar-refractivity contribution in [2.45, 2.75) is 6.92 Å². The molecule has 0 aliphatic rings. The van der Waals surface area contributed by atoms with Gasteiger partial charge in [-0.05, 0) is 30.7 Å². The van der Waals surface area contributed by atoms with Crippen LogP contribution in [0, 0.1) is 18.8 Å². The number of aliphatic hydroxyl groups is 1. The molecule has 5 heteroatoms. The van der Waals surface area contributed by atoms with Crippen LogP contribution in [0.1, 0.15) is 20.8 Å². The molecule has 0 aliphatic heterocycles. The zero-order chi connectivity index (χ0) is 13.7. The van der Waals surface area contributed by atoms with Crippen molar-refractivity contribution in [3.63, 3.8) is 0 Å². The lowest BCUT2D eigenvalue weighted by molar-refractivity contribution is 0.102. The van der Waals surface area contributed by atoms with Crippen LogP contribution in [0.25, 0.3) is 0 Å². The molecule has 96 valence electrons. The second kappa shape index (κ2) is 6.14. The summed E-state index contributed by atoms with van der Waals surface area (Å²) in [5.74, 6) is 5.62. The van der Waals surface area contributed by atoms with Crippen LogP contribution in [0.15, 0.2) is 29.8 Å². The summed E-state index contributed by atoms with van der Waals surface area (Å²) < 4.78 is 0. The van der Waals surface area contributed by atoms with Crippen molar-refractivity contribution in [3.8, 4) is 11.8 Å². The quantitative estimate of drug-likeness (QED) is 0.822. The number of carbonyl (C=O) groups is 1. The van der Waals surface area contributed by atoms with E-state index in [0.29, 0.717) is 11.4 Å². The van der Waals surface area contributed by atoms with Crippen LogP contribution < -0.4 is 5.32 Å². The Hall–Kier alpha value is -2.16. The molecule has 2 aromatic rings. The standard InChI is InChI=1S/C14H12N2O2S/c1-10-4-5-15-13(7-10)16-14(18)11-8-12(19-9-11)3-2-6-17/h4-5,7-9,17H,6H2,1H3,(H,15,16,18). The van der Waals surface area contributed by atoms with Gasteiger partial charge in [0.2, 0.25) is 0 Å². The molecule has 1 amide bonds. The average molecular weight is 272 g/mol. The third-order valence-electron chi connectivity index (χ3n) is 2.31. The van der Waals surface area contributed by atoms with Crippen molar-refractivity contribution in [3.05, 3.63) is 45.8 Å². The summed E-state index contributed by atoms with van der Waals surface area (Å²) in [4.78, 5) is 16.8. The van der Waals surface area contributed by atoms with Crippen molar-refractivity contribution in [2.75, 3.05) is 11.9 Å². The van der Waals surface area contributed by atoms with Crippen LogP contribution in [-0.4, -0.2) is 22.6 Å². The summed E-state index contributed by atoms with van der Waals surface area (Å²) in [6, 6.07) is 5.36. The molecule has 0 unspecified atom stereocenters. The highest BCUT2D eigenvalue weighted by molar-refractivity contribution is 7.10. The Morgan fingerprint density at radius 3 is 3.11 bits per heavy atom. The predicted molar refractivity (Wildman–Crippen MR) is 75.2 cm³/mol. The fourth-order valence-corrected chi connectivity index (χ4v) is 2.20. The van der Waals surface area contributed by atoms with Gasteiger partial charge in [-0.3, -0.25) is 4.79 Å². The summed E-state index contributed by atoms with van der Waals surface area (Å²) >= 11 is 1.37. The molecule has 0 saturated carbocycles. The van der Waals surface area contributed by atoms with Gasteiger partial charge >= 0.3 is 0 Å². The Bertz CT molecular complexity index is 653. The number of carbonyl (C=O) groups excluding carboxylic acids is 1. The van der Waals surface area contributed by atoms with E-state index < -0.39 is 0 Å². The highest BCUT2D eigenvalue weighted by atomic mass is 32.1. The molecule has 0 fully saturated rings. The number of nitrogens with one attached hydrogen (secondary N) is 1. The van der Waals surface area contributed by atoms with E-state index >= 15 is 0 Å². The fraction of sp³-hybridized carbons (Fsp3) is 0.143. The number of aromatic nitrogens is 1. The summed E-state index contributed by atoms with van der Waals surface area (Å²) in [7, 11) is 0. The van der Waals surface area contributed by atoms with E-state index in [1.807, 2.05) is 13.0 Å². The van der Waals surface area contributed by atoms with Crippen LogP contribution in [-0.2, 0) is 0 Å². The molecule has 19 heavy (non-hydrogen) atoms. The van der Waals surface area contributed by atoms with Crippen LogP contribution in [0.3, 0.4) is 0 Å². The fourth-order valence-electron chi connectivity index (χ4n) is 1.44. The minimum atomic E-state index is -0.216. The third-order valence-corrected chi connectivity index (χ3v) is 3.15. The van der Waals surface area contributed by atoms with Crippen LogP contribution >= 0.6 is 11.3 Å². The highest BCUT2D eigenvalue weighted by Gasteiger charge is 2.08. The summed E-state index contributed by atoms with van der Waals surface area (Å²) in [6.07, 6.45) is 1.65. The van der Waals surface area contributed by atoms with Gasteiger partial charge in [0.05, 0.1) is 10.4 Å². The Balaban J connectivity index is 2.10. The van der Waals surface area contributed by atoms with E-state index in [9.17, 15) is 4.79 Å². The molecule has 0 aromatic carbocycles. The molecule has 4 nitrogen and oxygen atoms in total. The van der Waals surface area contributed by atoms with E-state index in [1.54, 1.807) is 23.7 Å². The lowest BCUT2D eigenvalue weighted by Gasteiger charge is -2.02. The summed E-state index contributed by atoms with van der Waals surface area (Å²) in [5.41, 5.74) is 1.57. The van der Waals surface area contributed by atoms with Gasteiger partial charge in [0, 0.05) is 11.6 Å². The SMILES string of the molecule is Cc1ccnc(NC(=O)c2csc(C#CCO)c2)c1. The number of hydrogen-bond acceptors (Lipinski definition) is 4. The number of aryl methyl sites for hydroxylation is 1. The molecule has 0 radical (unpaired) electrons. The minimum absolute atomic E-state index is 0.188. The largest absolute Gasteiger partial charge is 0.384 e. The van der Waals surface area contributed by atoms with Crippen molar-refractivity contribution in [2.24, 2.45) is 0 Å². The smallest absolute Gasteiger partial charge is 0.257 e. The summed E-state index contributed by atoms with van der Waals surface area (Å²) in [5, 5.41) is 13.1. The van der Waals surface area contributed by atoms with Crippen LogP contribution in [0.2, 0.25) is 0 Å². The second-order valence-corrected chi connectivity index (χ2v) is 4.74. The first-order valence-corrected chi connectivity index (χ1v) is 6.49. The maximum atomic E-state index is 12.0. The number of thiophene rings is 1. The Labute approximate surface area is 115 Å². The van der Waals surface area contributed by atoms with Crippen molar-refractivity contribution in [1.82, 2.24) is 4.98 Å². The number of anilines is 1. The molecule has 2 aromatic heterocycles. The van der Waals surface area contributed by atoms with Gasteiger partial charge in [-0.25, -0.2) is 4.98 Å². The number of hydrogen-bond donors (Lipinski definition) is 2. The Morgan fingerprint density at radius 2 is 2.37 bits per heavy atom. The molecule has 2 N–H and O–H groups in total. The molecular weight excluding hydrogens is 260 g/mol. The van der Waals surface area contributed by atoms with Crippen LogP contribution in [0.5, 0.6) is 0 Å². The van der Waals surface area contributed by atoms with E-state index in [0.717, 1.165) is 10.4 Å². The molecule has 0 atom stereocenters. The van der Waals surface area contributed by atoms with E-state index in [2.05, 4.69) is 22.1 Å². The number of rotatable bonds is 2. The average Bonchev–Trinajstić information content (AvgIpc) is 2.85. The number of aliphatic hydroxyl groups excluding tert-OH is 1. The molecule has 0 spiro atoms. The normalized spacial score (nSPS) is 9.58. The van der Waals surface area contributed by atoms with Gasteiger partial charge in [-0.1, -0.05) is 11.8 Å². The second-order valence-electron chi connectivity index (χ2n) is 3.83. The first kappa shape index (κ1) is 13.3. The van der Waals surface area contributed by atoms with Gasteiger partial charge < -0.3 is 10.4 Å². The first-order valence-electron chi connectivity index (χ1n) is 5.61. The maximum absolute atomic E-state index is 12.0. The maximum Gasteiger partial charge on any atom is 0.257 e. The molecule has 0 aliphatic carbocycles. The van der Waals surface area contributed by atoms with Gasteiger partial charge in [0.15, 0.2) is 0 Å². The molecule has 0 saturated heterocycles. The lowest BCUT2D eigenvalue weighted by Crippen LogP contribution is -2.11. The van der Waals surface area contributed by atoms with Gasteiger partial charge in [0.1, 0.15) is 12.4 Å². The van der Waals surface area contributed by atoms with Crippen molar-refractivity contribution < 1.29 is 9.90 Å². The molecular formula is C14H12N2O2S. The molecule has 2 rings (SSSR count). The van der Waals surface area contributed by atoms with Gasteiger partial charge in [0.25, 0.3) is 5.91 Å². The first-order chi connectivity index (χ1) is 9.19. The summed E-state index contributed by atoms with van der Waals surface area (Å²) in [6.45, 7) is 1.75. The van der Waals surface area contributed by atoms with Crippen molar-refractivity contribution >= 4 is 23.1 Å². The van der Waals surface area contributed by atoms with E-state index in [4.69, 9.17) is 5.11 Å². The highest BCUT2D eigenvalue weighted by Crippen LogP contribution is 2.15. The Morgan fingerprint density at radius 1 is 1.53 bits per heavy atom. The minimum Gasteiger partial charge on any atom is -0.384 e. The van der Waals surface area contributed by atoms with Gasteiger partial charge in [-0.2, -0.15) is 0 Å². The Kier molecular flexibility index (Phi) is 4.29. The van der Waals surface area contributed by atoms with Crippen molar-refractivity contribution in [1.29, 1.82) is 0 Å². The van der Waals surface area contributed by atoms with Gasteiger partial charge in [-0.15, -0.1) is 11.3 Å². The van der Waals surface area contributed by atoms with E-state index in [-0.39, 0.29) is 12.5 Å². The van der Waals surface area contributed by atoms with Crippen LogP contribution in [0.4, 0.5) is 5.82 Å². The predicted octanol–water partition coefficient (Wildman–Crippen LogP) is 2.05.